The maximum atomic E-state index is 13.1. The standard InChI is InChI=1S/C20H23N3O4S2/c1-4-27-18-11-6-5-10-17(18)21-20-23(12-13-28-20)19(24)15-8-7-9-16(14-15)29(25,26)22(2)3/h5-11,14H,4,12-13H2,1-3H3. The molecule has 0 saturated carbocycles. The van der Waals surface area contributed by atoms with E-state index in [0.717, 1.165) is 10.1 Å². The Morgan fingerprint density at radius 2 is 1.97 bits per heavy atom. The van der Waals surface area contributed by atoms with E-state index < -0.39 is 10.0 Å². The Bertz CT molecular complexity index is 1040. The number of sulfonamides is 1. The maximum Gasteiger partial charge on any atom is 0.259 e. The fourth-order valence-corrected chi connectivity index (χ4v) is 4.67. The second-order valence-corrected chi connectivity index (χ2v) is 9.63. The lowest BCUT2D eigenvalue weighted by atomic mass is 10.2. The van der Waals surface area contributed by atoms with Crippen LogP contribution >= 0.6 is 11.8 Å². The minimum Gasteiger partial charge on any atom is -0.492 e. The van der Waals surface area contributed by atoms with E-state index in [2.05, 4.69) is 4.99 Å². The first-order chi connectivity index (χ1) is 13.8. The molecule has 7 nitrogen and oxygen atoms in total. The first-order valence-electron chi connectivity index (χ1n) is 9.12. The lowest BCUT2D eigenvalue weighted by Gasteiger charge is -2.17. The molecule has 0 N–H and O–H groups in total. The summed E-state index contributed by atoms with van der Waals surface area (Å²) in [6.45, 7) is 2.92. The van der Waals surface area contributed by atoms with E-state index >= 15 is 0 Å². The highest BCUT2D eigenvalue weighted by Gasteiger charge is 2.28. The number of para-hydroxylation sites is 2. The summed E-state index contributed by atoms with van der Waals surface area (Å²) in [6.07, 6.45) is 0. The fourth-order valence-electron chi connectivity index (χ4n) is 2.77. The lowest BCUT2D eigenvalue weighted by molar-refractivity contribution is 0.0859. The van der Waals surface area contributed by atoms with Gasteiger partial charge in [-0.25, -0.2) is 17.7 Å². The number of carbonyl (C=O) groups excluding carboxylic acids is 1. The van der Waals surface area contributed by atoms with E-state index in [0.29, 0.717) is 35.3 Å². The highest BCUT2D eigenvalue weighted by atomic mass is 32.2. The zero-order chi connectivity index (χ0) is 21.0. The van der Waals surface area contributed by atoms with Crippen LogP contribution in [0.15, 0.2) is 58.4 Å². The summed E-state index contributed by atoms with van der Waals surface area (Å²) in [4.78, 5) is 19.4. The molecular weight excluding hydrogens is 410 g/mol. The van der Waals surface area contributed by atoms with Crippen LogP contribution in [0.2, 0.25) is 0 Å². The highest BCUT2D eigenvalue weighted by molar-refractivity contribution is 8.14. The molecule has 154 valence electrons. The molecule has 0 atom stereocenters. The van der Waals surface area contributed by atoms with Crippen LogP contribution in [0.4, 0.5) is 5.69 Å². The molecular formula is C20H23N3O4S2. The molecule has 2 aromatic carbocycles. The average molecular weight is 434 g/mol. The van der Waals surface area contributed by atoms with E-state index in [1.54, 1.807) is 17.0 Å². The number of thioether (sulfide) groups is 1. The van der Waals surface area contributed by atoms with E-state index in [9.17, 15) is 13.2 Å². The smallest absolute Gasteiger partial charge is 0.259 e. The van der Waals surface area contributed by atoms with Crippen LogP contribution in [-0.4, -0.2) is 61.7 Å². The summed E-state index contributed by atoms with van der Waals surface area (Å²) >= 11 is 1.48. The number of amides is 1. The second kappa shape index (κ2) is 8.98. The van der Waals surface area contributed by atoms with Crippen molar-refractivity contribution in [1.82, 2.24) is 9.21 Å². The van der Waals surface area contributed by atoms with Gasteiger partial charge in [0.05, 0.1) is 11.5 Å². The predicted molar refractivity (Wildman–Crippen MR) is 116 cm³/mol. The monoisotopic (exact) mass is 433 g/mol. The van der Waals surface area contributed by atoms with Crippen molar-refractivity contribution in [2.75, 3.05) is 33.0 Å². The van der Waals surface area contributed by atoms with Crippen LogP contribution in [0.25, 0.3) is 0 Å². The summed E-state index contributed by atoms with van der Waals surface area (Å²) in [5.74, 6) is 1.09. The number of benzene rings is 2. The van der Waals surface area contributed by atoms with E-state index in [4.69, 9.17) is 4.74 Å². The number of ether oxygens (including phenoxy) is 1. The molecule has 29 heavy (non-hydrogen) atoms. The van der Waals surface area contributed by atoms with Gasteiger partial charge >= 0.3 is 0 Å². The van der Waals surface area contributed by atoms with Crippen molar-refractivity contribution in [2.24, 2.45) is 4.99 Å². The highest BCUT2D eigenvalue weighted by Crippen LogP contribution is 2.31. The molecule has 1 amide bonds. The van der Waals surface area contributed by atoms with E-state index in [-0.39, 0.29) is 10.8 Å². The molecule has 1 heterocycles. The van der Waals surface area contributed by atoms with Crippen molar-refractivity contribution < 1.29 is 17.9 Å². The molecule has 0 aromatic heterocycles. The Morgan fingerprint density at radius 1 is 1.21 bits per heavy atom. The Morgan fingerprint density at radius 3 is 2.69 bits per heavy atom. The zero-order valence-electron chi connectivity index (χ0n) is 16.5. The molecule has 3 rings (SSSR count). The van der Waals surface area contributed by atoms with Gasteiger partial charge < -0.3 is 4.74 Å². The minimum absolute atomic E-state index is 0.0837. The summed E-state index contributed by atoms with van der Waals surface area (Å²) in [7, 11) is -0.700. The van der Waals surface area contributed by atoms with Gasteiger partial charge in [-0.15, -0.1) is 0 Å². The first-order valence-corrected chi connectivity index (χ1v) is 11.5. The molecule has 9 heteroatoms. The molecule has 0 aliphatic carbocycles. The van der Waals surface area contributed by atoms with Crippen molar-refractivity contribution in [3.63, 3.8) is 0 Å². The molecule has 0 spiro atoms. The summed E-state index contributed by atoms with van der Waals surface area (Å²) < 4.78 is 31.5. The quantitative estimate of drug-likeness (QED) is 0.699. The first kappa shape index (κ1) is 21.4. The molecule has 1 saturated heterocycles. The van der Waals surface area contributed by atoms with Gasteiger partial charge in [0, 0.05) is 32.0 Å². The average Bonchev–Trinajstić information content (AvgIpc) is 3.17. The summed E-state index contributed by atoms with van der Waals surface area (Å²) in [5.41, 5.74) is 0.960. The number of hydrogen-bond acceptors (Lipinski definition) is 6. The molecule has 0 radical (unpaired) electrons. The Kier molecular flexibility index (Phi) is 6.61. The maximum absolute atomic E-state index is 13.1. The third-order valence-electron chi connectivity index (χ3n) is 4.26. The molecule has 1 fully saturated rings. The van der Waals surface area contributed by atoms with Gasteiger partial charge in [0.15, 0.2) is 5.17 Å². The molecule has 0 bridgehead atoms. The molecule has 1 aliphatic heterocycles. The second-order valence-electron chi connectivity index (χ2n) is 6.42. The number of nitrogens with zero attached hydrogens (tertiary/aromatic N) is 3. The van der Waals surface area contributed by atoms with E-state index in [1.807, 2.05) is 31.2 Å². The molecule has 0 unspecified atom stereocenters. The van der Waals surface area contributed by atoms with Gasteiger partial charge in [0.1, 0.15) is 11.4 Å². The van der Waals surface area contributed by atoms with Crippen LogP contribution in [-0.2, 0) is 10.0 Å². The number of hydrogen-bond donors (Lipinski definition) is 0. The van der Waals surface area contributed by atoms with Gasteiger partial charge in [0.25, 0.3) is 5.91 Å². The van der Waals surface area contributed by atoms with Crippen molar-refractivity contribution in [3.05, 3.63) is 54.1 Å². The number of amidine groups is 1. The van der Waals surface area contributed by atoms with Gasteiger partial charge in [-0.3, -0.25) is 9.69 Å². The van der Waals surface area contributed by atoms with Crippen LogP contribution in [0.5, 0.6) is 5.75 Å². The Hall–Kier alpha value is -2.36. The predicted octanol–water partition coefficient (Wildman–Crippen LogP) is 3.21. The number of rotatable bonds is 6. The Labute approximate surface area is 175 Å². The number of aliphatic imine (C=N–C) groups is 1. The molecule has 1 aliphatic rings. The summed E-state index contributed by atoms with van der Waals surface area (Å²) in [5, 5.41) is 0.572. The largest absolute Gasteiger partial charge is 0.492 e. The third-order valence-corrected chi connectivity index (χ3v) is 7.03. The summed E-state index contributed by atoms with van der Waals surface area (Å²) in [6, 6.07) is 13.5. The van der Waals surface area contributed by atoms with E-state index in [1.165, 1.54) is 38.0 Å². The fraction of sp³-hybridized carbons (Fsp3) is 0.300. The minimum atomic E-state index is -3.62. The third kappa shape index (κ3) is 4.63. The van der Waals surface area contributed by atoms with Crippen LogP contribution in [0, 0.1) is 0 Å². The van der Waals surface area contributed by atoms with Crippen molar-refractivity contribution in [3.8, 4) is 5.75 Å². The van der Waals surface area contributed by atoms with Crippen molar-refractivity contribution in [1.29, 1.82) is 0 Å². The topological polar surface area (TPSA) is 79.3 Å². The zero-order valence-corrected chi connectivity index (χ0v) is 18.2. The van der Waals surface area contributed by atoms with Gasteiger partial charge in [0.2, 0.25) is 10.0 Å². The lowest BCUT2D eigenvalue weighted by Crippen LogP contribution is -2.32. The van der Waals surface area contributed by atoms with Gasteiger partial charge in [-0.2, -0.15) is 0 Å². The van der Waals surface area contributed by atoms with Crippen LogP contribution in [0.3, 0.4) is 0 Å². The van der Waals surface area contributed by atoms with Gasteiger partial charge in [-0.1, -0.05) is 30.0 Å². The SMILES string of the molecule is CCOc1ccccc1N=C1SCCN1C(=O)c1cccc(S(=O)(=O)N(C)C)c1. The van der Waals surface area contributed by atoms with Crippen LogP contribution < -0.4 is 4.74 Å². The number of carbonyl (C=O) groups is 1. The van der Waals surface area contributed by atoms with Crippen LogP contribution in [0.1, 0.15) is 17.3 Å². The Balaban J connectivity index is 1.92. The van der Waals surface area contributed by atoms with Gasteiger partial charge in [-0.05, 0) is 37.3 Å². The van der Waals surface area contributed by atoms with Crippen molar-refractivity contribution >= 4 is 38.5 Å². The molecule has 2 aromatic rings. The van der Waals surface area contributed by atoms with Crippen molar-refractivity contribution in [2.45, 2.75) is 11.8 Å². The normalized spacial score (nSPS) is 15.9.